The summed E-state index contributed by atoms with van der Waals surface area (Å²) < 4.78 is 2.34. The van der Waals surface area contributed by atoms with Crippen molar-refractivity contribution in [2.24, 2.45) is 0 Å². The third kappa shape index (κ3) is 5.69. The number of pyridine rings is 1. The summed E-state index contributed by atoms with van der Waals surface area (Å²) in [4.78, 5) is 11.8. The standard InChI is InChI=1S/C53H44N4O/c1-37-18-11-12-25-44(37)38-32-33-54-51(34-38)55-47-27-14-13-26-45(47)46-31-30-42(36-50(46)55)53(39-19-7-5-8-20-39,40-21-9-6-10-22-40)41-23-17-24-43(35-41)56-48-28-15-16-29-49(48)57(58-56)52(2,3)4/h5-36H,1-4H3. The van der Waals surface area contributed by atoms with E-state index in [4.69, 9.17) is 9.92 Å². The molecule has 58 heavy (non-hydrogen) atoms. The number of anilines is 3. The summed E-state index contributed by atoms with van der Waals surface area (Å²) in [6.07, 6.45) is 1.94. The fourth-order valence-electron chi connectivity index (χ4n) is 8.94. The van der Waals surface area contributed by atoms with E-state index >= 15 is 0 Å². The number of aromatic nitrogens is 2. The number of nitrogens with zero attached hydrogens (tertiary/aromatic N) is 4. The molecule has 0 amide bonds. The number of benzene rings is 7. The lowest BCUT2D eigenvalue weighted by Gasteiger charge is -2.37. The third-order valence-electron chi connectivity index (χ3n) is 11.6. The lowest BCUT2D eigenvalue weighted by Crippen LogP contribution is -2.41. The van der Waals surface area contributed by atoms with Gasteiger partial charge < -0.3 is 0 Å². The summed E-state index contributed by atoms with van der Waals surface area (Å²) >= 11 is 0. The summed E-state index contributed by atoms with van der Waals surface area (Å²) in [5, 5.41) is 6.34. The van der Waals surface area contributed by atoms with Crippen LogP contribution in [0.2, 0.25) is 0 Å². The van der Waals surface area contributed by atoms with Gasteiger partial charge in [0.1, 0.15) is 5.82 Å². The fourth-order valence-corrected chi connectivity index (χ4v) is 8.94. The van der Waals surface area contributed by atoms with Crippen LogP contribution in [0.3, 0.4) is 0 Å². The Morgan fingerprint density at radius 2 is 1.12 bits per heavy atom. The van der Waals surface area contributed by atoms with E-state index in [0.29, 0.717) is 0 Å². The molecule has 0 fully saturated rings. The maximum atomic E-state index is 6.73. The van der Waals surface area contributed by atoms with Crippen molar-refractivity contribution in [2.45, 2.75) is 38.6 Å². The minimum atomic E-state index is -0.715. The molecule has 0 saturated carbocycles. The lowest BCUT2D eigenvalue weighted by molar-refractivity contribution is 0.0842. The summed E-state index contributed by atoms with van der Waals surface area (Å²) in [6, 6.07) is 67.7. The number of fused-ring (bicyclic) bond motifs is 4. The Kier molecular flexibility index (Phi) is 8.50. The van der Waals surface area contributed by atoms with E-state index in [1.165, 1.54) is 33.0 Å². The third-order valence-corrected chi connectivity index (χ3v) is 11.6. The van der Waals surface area contributed by atoms with Gasteiger partial charge in [-0.1, -0.05) is 140 Å². The molecule has 0 N–H and O–H groups in total. The maximum Gasteiger partial charge on any atom is 0.138 e. The van der Waals surface area contributed by atoms with Crippen molar-refractivity contribution >= 4 is 38.9 Å². The zero-order valence-corrected chi connectivity index (χ0v) is 33.2. The van der Waals surface area contributed by atoms with Crippen LogP contribution in [0.1, 0.15) is 48.6 Å². The first-order valence-corrected chi connectivity index (χ1v) is 20.0. The monoisotopic (exact) mass is 752 g/mol. The number of aryl methyl sites for hydroxylation is 1. The van der Waals surface area contributed by atoms with Crippen molar-refractivity contribution in [2.75, 3.05) is 10.1 Å². The quantitative estimate of drug-likeness (QED) is 0.152. The van der Waals surface area contributed by atoms with Crippen LogP contribution in [0, 0.1) is 6.92 Å². The Labute approximate surface area is 340 Å². The van der Waals surface area contributed by atoms with Gasteiger partial charge in [-0.05, 0) is 115 Å². The molecule has 0 spiro atoms. The minimum Gasteiger partial charge on any atom is -0.294 e. The van der Waals surface area contributed by atoms with E-state index in [0.717, 1.165) is 50.6 Å². The van der Waals surface area contributed by atoms with E-state index in [9.17, 15) is 0 Å². The topological polar surface area (TPSA) is 33.5 Å². The van der Waals surface area contributed by atoms with Crippen LogP contribution in [0.25, 0.3) is 38.8 Å². The second-order valence-electron chi connectivity index (χ2n) is 16.2. The Morgan fingerprint density at radius 1 is 0.500 bits per heavy atom. The highest BCUT2D eigenvalue weighted by Crippen LogP contribution is 2.50. The van der Waals surface area contributed by atoms with Gasteiger partial charge in [0.25, 0.3) is 0 Å². The largest absolute Gasteiger partial charge is 0.294 e. The lowest BCUT2D eigenvalue weighted by atomic mass is 9.65. The fraction of sp³-hybridized carbons (Fsp3) is 0.113. The number of para-hydroxylation sites is 3. The van der Waals surface area contributed by atoms with Gasteiger partial charge in [-0.2, -0.15) is 5.06 Å². The van der Waals surface area contributed by atoms with Crippen LogP contribution in [0.4, 0.5) is 17.1 Å². The SMILES string of the molecule is Cc1ccccc1-c1ccnc(-n2c3ccccc3c3ccc(C(c4ccccc4)(c4ccccc4)c4cccc(N5ON(C(C)(C)C)c6ccccc65)c4)cc32)c1. The minimum absolute atomic E-state index is 0.261. The molecule has 2 aromatic heterocycles. The molecule has 1 aliphatic heterocycles. The Hall–Kier alpha value is -6.95. The summed E-state index contributed by atoms with van der Waals surface area (Å²) in [5.41, 5.74) is 12.4. The van der Waals surface area contributed by atoms with Crippen molar-refractivity contribution in [3.8, 4) is 16.9 Å². The van der Waals surface area contributed by atoms with E-state index in [1.54, 1.807) is 0 Å². The van der Waals surface area contributed by atoms with Crippen LogP contribution in [0.5, 0.6) is 0 Å². The van der Waals surface area contributed by atoms with Gasteiger partial charge in [-0.15, -0.1) is 4.94 Å². The molecule has 7 aromatic carbocycles. The predicted octanol–water partition coefficient (Wildman–Crippen LogP) is 13.1. The Balaban J connectivity index is 1.24. The van der Waals surface area contributed by atoms with E-state index < -0.39 is 5.41 Å². The zero-order valence-electron chi connectivity index (χ0n) is 33.2. The first-order chi connectivity index (χ1) is 28.3. The zero-order chi connectivity index (χ0) is 39.4. The molecule has 10 rings (SSSR count). The first kappa shape index (κ1) is 35.5. The van der Waals surface area contributed by atoms with Crippen molar-refractivity contribution in [1.82, 2.24) is 9.55 Å². The highest BCUT2D eigenvalue weighted by Gasteiger charge is 2.41. The predicted molar refractivity (Wildman–Crippen MR) is 239 cm³/mol. The van der Waals surface area contributed by atoms with Gasteiger partial charge in [0.15, 0.2) is 0 Å². The van der Waals surface area contributed by atoms with Gasteiger partial charge in [0, 0.05) is 17.0 Å². The van der Waals surface area contributed by atoms with Gasteiger partial charge >= 0.3 is 0 Å². The van der Waals surface area contributed by atoms with Gasteiger partial charge in [0.05, 0.1) is 39.0 Å². The average molecular weight is 753 g/mol. The second-order valence-corrected chi connectivity index (χ2v) is 16.2. The smallest absolute Gasteiger partial charge is 0.138 e. The normalized spacial score (nSPS) is 13.0. The molecule has 5 heteroatoms. The Morgan fingerprint density at radius 3 is 1.86 bits per heavy atom. The van der Waals surface area contributed by atoms with Crippen molar-refractivity contribution < 1.29 is 4.94 Å². The van der Waals surface area contributed by atoms with Crippen LogP contribution < -0.4 is 10.1 Å². The molecule has 0 aliphatic carbocycles. The van der Waals surface area contributed by atoms with E-state index in [1.807, 2.05) is 16.3 Å². The molecule has 282 valence electrons. The van der Waals surface area contributed by atoms with Crippen molar-refractivity contribution in [1.29, 1.82) is 0 Å². The van der Waals surface area contributed by atoms with Crippen LogP contribution in [-0.2, 0) is 10.4 Å². The molecule has 9 aromatic rings. The summed E-state index contributed by atoms with van der Waals surface area (Å²) in [6.45, 7) is 8.68. The number of hydrogen-bond acceptors (Lipinski definition) is 4. The van der Waals surface area contributed by atoms with E-state index in [2.05, 4.69) is 220 Å². The molecular formula is C53H44N4O. The van der Waals surface area contributed by atoms with Gasteiger partial charge in [-0.3, -0.25) is 4.57 Å². The summed E-state index contributed by atoms with van der Waals surface area (Å²) in [7, 11) is 0. The average Bonchev–Trinajstić information content (AvgIpc) is 3.82. The first-order valence-electron chi connectivity index (χ1n) is 20.0. The number of hydroxylamine groups is 1. The van der Waals surface area contributed by atoms with Crippen LogP contribution in [-0.4, -0.2) is 15.1 Å². The molecule has 3 heterocycles. The van der Waals surface area contributed by atoms with Crippen LogP contribution >= 0.6 is 0 Å². The molecule has 5 nitrogen and oxygen atoms in total. The van der Waals surface area contributed by atoms with Crippen molar-refractivity contribution in [3.05, 3.63) is 222 Å². The second kappa shape index (κ2) is 13.9. The highest BCUT2D eigenvalue weighted by molar-refractivity contribution is 6.09. The maximum absolute atomic E-state index is 6.73. The van der Waals surface area contributed by atoms with Crippen LogP contribution in [0.15, 0.2) is 194 Å². The summed E-state index contributed by atoms with van der Waals surface area (Å²) in [5.74, 6) is 0.879. The van der Waals surface area contributed by atoms with Gasteiger partial charge in [-0.25, -0.2) is 10.0 Å². The number of hydrogen-bond donors (Lipinski definition) is 0. The highest BCUT2D eigenvalue weighted by atomic mass is 16.8. The molecule has 0 radical (unpaired) electrons. The molecule has 0 unspecified atom stereocenters. The van der Waals surface area contributed by atoms with Gasteiger partial charge in [0.2, 0.25) is 0 Å². The molecular weight excluding hydrogens is 709 g/mol. The molecule has 0 saturated heterocycles. The molecule has 0 atom stereocenters. The number of rotatable bonds is 7. The van der Waals surface area contributed by atoms with Crippen molar-refractivity contribution in [3.63, 3.8) is 0 Å². The molecule has 0 bridgehead atoms. The molecule has 1 aliphatic rings. The Bertz CT molecular complexity index is 2910. The van der Waals surface area contributed by atoms with E-state index in [-0.39, 0.29) is 5.54 Å².